The van der Waals surface area contributed by atoms with Gasteiger partial charge in [0.1, 0.15) is 24.9 Å². The number of hydrogen-bond acceptors (Lipinski definition) is 5. The van der Waals surface area contributed by atoms with Gasteiger partial charge in [-0.25, -0.2) is 4.79 Å². The first-order chi connectivity index (χ1) is 15.4. The summed E-state index contributed by atoms with van der Waals surface area (Å²) in [6, 6.07) is 15.9. The summed E-state index contributed by atoms with van der Waals surface area (Å²) in [6.45, 7) is 4.09. The summed E-state index contributed by atoms with van der Waals surface area (Å²) in [6.07, 6.45) is -0.230. The van der Waals surface area contributed by atoms with Crippen LogP contribution in [0.15, 0.2) is 54.6 Å². The first kappa shape index (κ1) is 24.7. The van der Waals surface area contributed by atoms with E-state index in [1.54, 1.807) is 7.11 Å². The van der Waals surface area contributed by atoms with Crippen molar-refractivity contribution in [3.63, 3.8) is 0 Å². The van der Waals surface area contributed by atoms with Crippen LogP contribution in [0.4, 0.5) is 4.79 Å². The van der Waals surface area contributed by atoms with Crippen molar-refractivity contribution >= 4 is 17.9 Å². The van der Waals surface area contributed by atoms with Crippen molar-refractivity contribution in [3.05, 3.63) is 65.7 Å². The van der Waals surface area contributed by atoms with Crippen LogP contribution in [0.3, 0.4) is 0 Å². The van der Waals surface area contributed by atoms with E-state index >= 15 is 0 Å². The highest BCUT2D eigenvalue weighted by Crippen LogP contribution is 2.11. The Bertz CT molecular complexity index is 869. The van der Waals surface area contributed by atoms with Gasteiger partial charge in [-0.05, 0) is 35.6 Å². The second-order valence-electron chi connectivity index (χ2n) is 7.73. The monoisotopic (exact) mass is 441 g/mol. The van der Waals surface area contributed by atoms with Crippen LogP contribution in [0.25, 0.3) is 0 Å². The van der Waals surface area contributed by atoms with Gasteiger partial charge in [0.05, 0.1) is 7.11 Å². The third-order valence-corrected chi connectivity index (χ3v) is 4.59. The molecule has 172 valence electrons. The molecule has 0 saturated carbocycles. The Morgan fingerprint density at radius 3 is 2.22 bits per heavy atom. The second-order valence-corrected chi connectivity index (χ2v) is 7.73. The van der Waals surface area contributed by atoms with Crippen molar-refractivity contribution in [2.75, 3.05) is 13.7 Å². The number of carbonyl (C=O) groups is 3. The van der Waals surface area contributed by atoms with E-state index in [-0.39, 0.29) is 25.0 Å². The van der Waals surface area contributed by atoms with Crippen LogP contribution >= 0.6 is 0 Å². The lowest BCUT2D eigenvalue weighted by Crippen LogP contribution is -2.49. The van der Waals surface area contributed by atoms with Crippen LogP contribution in [0, 0.1) is 5.92 Å². The first-order valence-electron chi connectivity index (χ1n) is 10.5. The van der Waals surface area contributed by atoms with Gasteiger partial charge in [0, 0.05) is 6.54 Å². The van der Waals surface area contributed by atoms with Gasteiger partial charge in [0.2, 0.25) is 11.8 Å². The number of alkyl carbamates (subject to hydrolysis) is 1. The molecule has 0 unspecified atom stereocenters. The lowest BCUT2D eigenvalue weighted by atomic mass is 10.0. The van der Waals surface area contributed by atoms with Crippen molar-refractivity contribution in [2.45, 2.75) is 39.5 Å². The Labute approximate surface area is 188 Å². The Morgan fingerprint density at radius 1 is 0.906 bits per heavy atom. The SMILES string of the molecule is COc1ccc(CNC(=O)[C@@H](CC(C)C)NC(=O)CNC(=O)OCc2ccccc2)cc1. The second kappa shape index (κ2) is 13.0. The van der Waals surface area contributed by atoms with E-state index in [0.717, 1.165) is 16.9 Å². The molecule has 0 aliphatic rings. The van der Waals surface area contributed by atoms with Gasteiger partial charge in [-0.1, -0.05) is 56.3 Å². The van der Waals surface area contributed by atoms with E-state index in [1.807, 2.05) is 68.4 Å². The molecule has 2 rings (SSSR count). The number of benzene rings is 2. The lowest BCUT2D eigenvalue weighted by molar-refractivity contribution is -0.129. The summed E-state index contributed by atoms with van der Waals surface area (Å²) in [5.41, 5.74) is 1.76. The molecule has 2 aromatic carbocycles. The Kier molecular flexibility index (Phi) is 10.0. The van der Waals surface area contributed by atoms with E-state index in [4.69, 9.17) is 9.47 Å². The van der Waals surface area contributed by atoms with E-state index < -0.39 is 18.0 Å². The van der Waals surface area contributed by atoms with Gasteiger partial charge in [-0.2, -0.15) is 0 Å². The van der Waals surface area contributed by atoms with Crippen LogP contribution in [0.5, 0.6) is 5.75 Å². The minimum absolute atomic E-state index is 0.109. The van der Waals surface area contributed by atoms with E-state index in [0.29, 0.717) is 13.0 Å². The minimum Gasteiger partial charge on any atom is -0.497 e. The first-order valence-corrected chi connectivity index (χ1v) is 10.5. The van der Waals surface area contributed by atoms with Crippen molar-refractivity contribution in [1.82, 2.24) is 16.0 Å². The third-order valence-electron chi connectivity index (χ3n) is 4.59. The molecule has 0 bridgehead atoms. The van der Waals surface area contributed by atoms with Crippen LogP contribution in [-0.2, 0) is 27.5 Å². The molecule has 0 aliphatic heterocycles. The molecular weight excluding hydrogens is 410 g/mol. The molecule has 2 aromatic rings. The van der Waals surface area contributed by atoms with Gasteiger partial charge in [-0.15, -0.1) is 0 Å². The summed E-state index contributed by atoms with van der Waals surface area (Å²) < 4.78 is 10.2. The predicted molar refractivity (Wildman–Crippen MR) is 121 cm³/mol. The van der Waals surface area contributed by atoms with E-state index in [2.05, 4.69) is 16.0 Å². The molecule has 8 heteroatoms. The maximum Gasteiger partial charge on any atom is 0.407 e. The highest BCUT2D eigenvalue weighted by Gasteiger charge is 2.22. The van der Waals surface area contributed by atoms with Gasteiger partial charge in [-0.3, -0.25) is 9.59 Å². The molecule has 0 fully saturated rings. The van der Waals surface area contributed by atoms with Gasteiger partial charge >= 0.3 is 6.09 Å². The third kappa shape index (κ3) is 9.07. The zero-order valence-corrected chi connectivity index (χ0v) is 18.7. The number of rotatable bonds is 11. The molecule has 0 aromatic heterocycles. The van der Waals surface area contributed by atoms with Crippen molar-refractivity contribution in [3.8, 4) is 5.75 Å². The maximum absolute atomic E-state index is 12.6. The summed E-state index contributed by atoms with van der Waals surface area (Å²) in [4.78, 5) is 36.8. The van der Waals surface area contributed by atoms with Crippen LogP contribution < -0.4 is 20.7 Å². The van der Waals surface area contributed by atoms with Gasteiger partial charge < -0.3 is 25.4 Å². The fourth-order valence-electron chi connectivity index (χ4n) is 2.93. The molecule has 0 spiro atoms. The Hall–Kier alpha value is -3.55. The average molecular weight is 442 g/mol. The molecular formula is C24H31N3O5. The highest BCUT2D eigenvalue weighted by atomic mass is 16.5. The molecule has 32 heavy (non-hydrogen) atoms. The van der Waals surface area contributed by atoms with Crippen molar-refractivity contribution in [1.29, 1.82) is 0 Å². The van der Waals surface area contributed by atoms with Gasteiger partial charge in [0.15, 0.2) is 0 Å². The fraction of sp³-hybridized carbons (Fsp3) is 0.375. The van der Waals surface area contributed by atoms with E-state index in [9.17, 15) is 14.4 Å². The summed E-state index contributed by atoms with van der Waals surface area (Å²) in [5, 5.41) is 7.94. The number of ether oxygens (including phenoxy) is 2. The quantitative estimate of drug-likeness (QED) is 0.497. The summed E-state index contributed by atoms with van der Waals surface area (Å²) in [7, 11) is 1.59. The molecule has 3 amide bonds. The fourth-order valence-corrected chi connectivity index (χ4v) is 2.93. The topological polar surface area (TPSA) is 106 Å². The van der Waals surface area contributed by atoms with Crippen LogP contribution in [0.2, 0.25) is 0 Å². The largest absolute Gasteiger partial charge is 0.497 e. The predicted octanol–water partition coefficient (Wildman–Crippen LogP) is 2.77. The molecule has 1 atom stereocenters. The Morgan fingerprint density at radius 2 is 1.59 bits per heavy atom. The number of nitrogens with one attached hydrogen (secondary N) is 3. The zero-order chi connectivity index (χ0) is 23.3. The molecule has 0 radical (unpaired) electrons. The number of amides is 3. The van der Waals surface area contributed by atoms with E-state index in [1.165, 1.54) is 0 Å². The molecule has 0 heterocycles. The molecule has 0 aliphatic carbocycles. The maximum atomic E-state index is 12.6. The zero-order valence-electron chi connectivity index (χ0n) is 18.7. The van der Waals surface area contributed by atoms with Crippen LogP contribution in [-0.4, -0.2) is 37.6 Å². The molecule has 3 N–H and O–H groups in total. The summed E-state index contributed by atoms with van der Waals surface area (Å²) >= 11 is 0. The van der Waals surface area contributed by atoms with Crippen molar-refractivity contribution in [2.24, 2.45) is 5.92 Å². The Balaban J connectivity index is 1.79. The number of hydrogen-bond donors (Lipinski definition) is 3. The molecule has 8 nitrogen and oxygen atoms in total. The lowest BCUT2D eigenvalue weighted by Gasteiger charge is -2.20. The minimum atomic E-state index is -0.706. The average Bonchev–Trinajstić information content (AvgIpc) is 2.80. The standard InChI is InChI=1S/C24H31N3O5/c1-17(2)13-21(23(29)25-14-18-9-11-20(31-3)12-10-18)27-22(28)15-26-24(30)32-16-19-7-5-4-6-8-19/h4-12,17,21H,13-16H2,1-3H3,(H,25,29)(H,26,30)(H,27,28)/t21-/m1/s1. The number of carbonyl (C=O) groups excluding carboxylic acids is 3. The smallest absolute Gasteiger partial charge is 0.407 e. The number of methoxy groups -OCH3 is 1. The normalized spacial score (nSPS) is 11.4. The molecule has 0 saturated heterocycles. The van der Waals surface area contributed by atoms with Crippen LogP contribution in [0.1, 0.15) is 31.4 Å². The summed E-state index contributed by atoms with van der Waals surface area (Å²) in [5.74, 6) is 0.178. The van der Waals surface area contributed by atoms with Gasteiger partial charge in [0.25, 0.3) is 0 Å². The highest BCUT2D eigenvalue weighted by molar-refractivity contribution is 5.89. The van der Waals surface area contributed by atoms with Crippen molar-refractivity contribution < 1.29 is 23.9 Å².